The van der Waals surface area contributed by atoms with Crippen molar-refractivity contribution in [3.63, 3.8) is 0 Å². The molecule has 0 N–H and O–H groups in total. The highest BCUT2D eigenvalue weighted by atomic mass is 19.1. The van der Waals surface area contributed by atoms with E-state index in [-0.39, 0.29) is 41.6 Å². The molecule has 2 heterocycles. The second-order valence-electron chi connectivity index (χ2n) is 7.72. The van der Waals surface area contributed by atoms with E-state index in [4.69, 9.17) is 4.74 Å². The number of amides is 1. The number of ether oxygens (including phenoxy) is 1. The number of piperidine rings is 2. The fourth-order valence-corrected chi connectivity index (χ4v) is 4.08. The summed E-state index contributed by atoms with van der Waals surface area (Å²) in [5, 5.41) is 0. The fraction of sp³-hybridized carbons (Fsp3) is 0.571. The minimum Gasteiger partial charge on any atom is -0.469 e. The first-order valence-electron chi connectivity index (χ1n) is 9.96. The predicted molar refractivity (Wildman–Crippen MR) is 101 cm³/mol. The van der Waals surface area contributed by atoms with Crippen molar-refractivity contribution in [2.45, 2.75) is 25.7 Å². The second-order valence-corrected chi connectivity index (χ2v) is 7.72. The molecule has 2 aliphatic heterocycles. The van der Waals surface area contributed by atoms with Crippen LogP contribution in [0.5, 0.6) is 0 Å². The molecule has 2 aliphatic rings. The number of halogens is 2. The third-order valence-corrected chi connectivity index (χ3v) is 5.89. The summed E-state index contributed by atoms with van der Waals surface area (Å²) >= 11 is 0. The van der Waals surface area contributed by atoms with E-state index < -0.39 is 11.6 Å². The molecule has 0 saturated carbocycles. The molecular formula is C21H26F2N2O4. The van der Waals surface area contributed by atoms with Crippen LogP contribution >= 0.6 is 0 Å². The van der Waals surface area contributed by atoms with Crippen molar-refractivity contribution >= 4 is 17.7 Å². The van der Waals surface area contributed by atoms with E-state index in [1.807, 2.05) is 4.90 Å². The Morgan fingerprint density at radius 3 is 2.24 bits per heavy atom. The van der Waals surface area contributed by atoms with E-state index >= 15 is 0 Å². The Bertz CT molecular complexity index is 770. The summed E-state index contributed by atoms with van der Waals surface area (Å²) in [5.74, 6) is -2.44. The van der Waals surface area contributed by atoms with Gasteiger partial charge in [0.2, 0.25) is 5.91 Å². The van der Waals surface area contributed by atoms with Crippen LogP contribution in [-0.4, -0.2) is 67.3 Å². The smallest absolute Gasteiger partial charge is 0.308 e. The summed E-state index contributed by atoms with van der Waals surface area (Å²) < 4.78 is 32.0. The van der Waals surface area contributed by atoms with E-state index in [9.17, 15) is 23.2 Å². The van der Waals surface area contributed by atoms with Crippen LogP contribution in [0.25, 0.3) is 0 Å². The van der Waals surface area contributed by atoms with E-state index in [0.29, 0.717) is 51.9 Å². The Hall–Kier alpha value is -2.35. The normalized spacial score (nSPS) is 19.2. The Morgan fingerprint density at radius 1 is 1.00 bits per heavy atom. The molecule has 0 atom stereocenters. The molecule has 0 bridgehead atoms. The maximum Gasteiger partial charge on any atom is 0.308 e. The maximum absolute atomic E-state index is 13.9. The van der Waals surface area contributed by atoms with Crippen molar-refractivity contribution in [1.82, 2.24) is 9.80 Å². The van der Waals surface area contributed by atoms with Crippen LogP contribution in [-0.2, 0) is 14.3 Å². The molecule has 1 aromatic rings. The highest BCUT2D eigenvalue weighted by Crippen LogP contribution is 2.24. The van der Waals surface area contributed by atoms with Gasteiger partial charge in [-0.3, -0.25) is 19.3 Å². The average molecular weight is 408 g/mol. The number of likely N-dealkylation sites (tertiary alicyclic amines) is 2. The molecule has 29 heavy (non-hydrogen) atoms. The molecule has 2 fully saturated rings. The van der Waals surface area contributed by atoms with Crippen molar-refractivity contribution in [2.24, 2.45) is 11.8 Å². The van der Waals surface area contributed by atoms with Gasteiger partial charge in [-0.25, -0.2) is 8.78 Å². The van der Waals surface area contributed by atoms with E-state index in [1.165, 1.54) is 7.11 Å². The first-order chi connectivity index (χ1) is 13.9. The topological polar surface area (TPSA) is 66.9 Å². The van der Waals surface area contributed by atoms with E-state index in [0.717, 1.165) is 18.2 Å². The zero-order chi connectivity index (χ0) is 21.0. The Morgan fingerprint density at radius 2 is 1.62 bits per heavy atom. The zero-order valence-electron chi connectivity index (χ0n) is 16.5. The van der Waals surface area contributed by atoms with Gasteiger partial charge in [0.25, 0.3) is 0 Å². The number of esters is 1. The second kappa shape index (κ2) is 9.43. The van der Waals surface area contributed by atoms with E-state index in [1.54, 1.807) is 4.90 Å². The first-order valence-corrected chi connectivity index (χ1v) is 9.96. The molecule has 158 valence electrons. The predicted octanol–water partition coefficient (Wildman–Crippen LogP) is 2.27. The van der Waals surface area contributed by atoms with Gasteiger partial charge >= 0.3 is 5.97 Å². The molecule has 0 radical (unpaired) electrons. The number of hydrogen-bond donors (Lipinski definition) is 0. The lowest BCUT2D eigenvalue weighted by Gasteiger charge is -2.35. The van der Waals surface area contributed by atoms with Gasteiger partial charge in [0, 0.05) is 19.0 Å². The van der Waals surface area contributed by atoms with Crippen LogP contribution < -0.4 is 0 Å². The van der Waals surface area contributed by atoms with Crippen molar-refractivity contribution in [2.75, 3.05) is 39.8 Å². The highest BCUT2D eigenvalue weighted by molar-refractivity contribution is 5.98. The summed E-state index contributed by atoms with van der Waals surface area (Å²) in [6.45, 7) is 2.44. The molecule has 0 aliphatic carbocycles. The van der Waals surface area contributed by atoms with E-state index in [2.05, 4.69) is 0 Å². The third-order valence-electron chi connectivity index (χ3n) is 5.89. The quantitative estimate of drug-likeness (QED) is 0.552. The van der Waals surface area contributed by atoms with Crippen LogP contribution in [0.3, 0.4) is 0 Å². The lowest BCUT2D eigenvalue weighted by atomic mass is 9.88. The van der Waals surface area contributed by atoms with Crippen LogP contribution in [0.2, 0.25) is 0 Å². The molecule has 2 saturated heterocycles. The van der Waals surface area contributed by atoms with Crippen LogP contribution in [0.1, 0.15) is 36.0 Å². The van der Waals surface area contributed by atoms with Crippen molar-refractivity contribution in [3.05, 3.63) is 35.4 Å². The van der Waals surface area contributed by atoms with Gasteiger partial charge in [0.05, 0.1) is 25.1 Å². The fourth-order valence-electron chi connectivity index (χ4n) is 4.08. The molecule has 0 unspecified atom stereocenters. The Balaban J connectivity index is 1.46. The molecule has 0 aromatic heterocycles. The largest absolute Gasteiger partial charge is 0.469 e. The number of ketones is 1. The number of methoxy groups -OCH3 is 1. The van der Waals surface area contributed by atoms with Gasteiger partial charge in [0.1, 0.15) is 11.6 Å². The lowest BCUT2D eigenvalue weighted by molar-refractivity contribution is -0.149. The van der Waals surface area contributed by atoms with Gasteiger partial charge < -0.3 is 9.64 Å². The first kappa shape index (κ1) is 21.4. The van der Waals surface area contributed by atoms with Gasteiger partial charge in [-0.15, -0.1) is 0 Å². The summed E-state index contributed by atoms with van der Waals surface area (Å²) in [5.41, 5.74) is -0.201. The van der Waals surface area contributed by atoms with Gasteiger partial charge in [0.15, 0.2) is 5.78 Å². The summed E-state index contributed by atoms with van der Waals surface area (Å²) in [7, 11) is 1.37. The van der Waals surface area contributed by atoms with Crippen LogP contribution in [0.4, 0.5) is 8.78 Å². The highest BCUT2D eigenvalue weighted by Gasteiger charge is 2.31. The molecule has 1 amide bonds. The number of Topliss-reactive ketones (excluding diaryl/α,β-unsaturated/α-hetero) is 1. The van der Waals surface area contributed by atoms with Crippen molar-refractivity contribution < 1.29 is 27.9 Å². The number of hydrogen-bond acceptors (Lipinski definition) is 5. The Labute approximate surface area is 168 Å². The monoisotopic (exact) mass is 408 g/mol. The van der Waals surface area contributed by atoms with Crippen molar-refractivity contribution in [1.29, 1.82) is 0 Å². The van der Waals surface area contributed by atoms with Gasteiger partial charge in [-0.1, -0.05) is 0 Å². The molecule has 3 rings (SSSR count). The number of nitrogens with zero attached hydrogens (tertiary/aromatic N) is 2. The standard InChI is InChI=1S/C21H26F2N2O4/c1-29-21(28)15-6-10-25(11-7-15)19(26)13-24-8-4-14(5-9-24)20(27)17-12-16(22)2-3-18(17)23/h2-3,12,14-15H,4-11,13H2,1H3. The summed E-state index contributed by atoms with van der Waals surface area (Å²) in [6.07, 6.45) is 2.22. The van der Waals surface area contributed by atoms with Gasteiger partial charge in [-0.05, 0) is 57.0 Å². The summed E-state index contributed by atoms with van der Waals surface area (Å²) in [6, 6.07) is 2.92. The average Bonchev–Trinajstić information content (AvgIpc) is 2.75. The third kappa shape index (κ3) is 5.18. The molecule has 1 aromatic carbocycles. The number of carbonyl (C=O) groups excluding carboxylic acids is 3. The Kier molecular flexibility index (Phi) is 6.95. The molecule has 0 spiro atoms. The van der Waals surface area contributed by atoms with Crippen LogP contribution in [0, 0.1) is 23.5 Å². The summed E-state index contributed by atoms with van der Waals surface area (Å²) in [4.78, 5) is 40.4. The maximum atomic E-state index is 13.9. The minimum atomic E-state index is -0.704. The lowest BCUT2D eigenvalue weighted by Crippen LogP contribution is -2.47. The van der Waals surface area contributed by atoms with Crippen LogP contribution in [0.15, 0.2) is 18.2 Å². The molecular weight excluding hydrogens is 382 g/mol. The SMILES string of the molecule is COC(=O)C1CCN(C(=O)CN2CCC(C(=O)c3cc(F)ccc3F)CC2)CC1. The number of rotatable bonds is 5. The van der Waals surface area contributed by atoms with Gasteiger partial charge in [-0.2, -0.15) is 0 Å². The number of benzene rings is 1. The minimum absolute atomic E-state index is 0.00858. The molecule has 8 heteroatoms. The zero-order valence-corrected chi connectivity index (χ0v) is 16.5. The number of carbonyl (C=O) groups is 3. The van der Waals surface area contributed by atoms with Crippen molar-refractivity contribution in [3.8, 4) is 0 Å². The molecule has 6 nitrogen and oxygen atoms in total.